The van der Waals surface area contributed by atoms with Crippen LogP contribution in [0.2, 0.25) is 5.02 Å². The first-order chi connectivity index (χ1) is 11.1. The van der Waals surface area contributed by atoms with Crippen LogP contribution in [0.15, 0.2) is 58.4 Å². The van der Waals surface area contributed by atoms with E-state index >= 15 is 0 Å². The van der Waals surface area contributed by atoms with E-state index < -0.39 is 0 Å². The highest BCUT2D eigenvalue weighted by Gasteiger charge is 2.10. The van der Waals surface area contributed by atoms with Crippen LogP contribution >= 0.6 is 38.9 Å². The number of hydrogen-bond donors (Lipinski definition) is 2. The Balaban J connectivity index is 1.67. The third kappa shape index (κ3) is 3.90. The molecule has 0 aliphatic rings. The predicted octanol–water partition coefficient (Wildman–Crippen LogP) is 4.98. The second kappa shape index (κ2) is 7.12. The number of thiazole rings is 1. The molecule has 0 fully saturated rings. The SMILES string of the molecule is O=C(NNc1nc(-c2ccc(Br)cc2)cs1)c1ccccc1Cl. The summed E-state index contributed by atoms with van der Waals surface area (Å²) in [6.07, 6.45) is 0. The number of hydrazine groups is 1. The van der Waals surface area contributed by atoms with Crippen molar-refractivity contribution in [3.05, 3.63) is 69.0 Å². The van der Waals surface area contributed by atoms with E-state index in [-0.39, 0.29) is 5.91 Å². The fraction of sp³-hybridized carbons (Fsp3) is 0. The first-order valence-corrected chi connectivity index (χ1v) is 8.71. The summed E-state index contributed by atoms with van der Waals surface area (Å²) in [6.45, 7) is 0. The van der Waals surface area contributed by atoms with Crippen LogP contribution in [0.25, 0.3) is 11.3 Å². The van der Waals surface area contributed by atoms with Crippen LogP contribution in [-0.2, 0) is 0 Å². The maximum Gasteiger partial charge on any atom is 0.271 e. The van der Waals surface area contributed by atoms with Gasteiger partial charge < -0.3 is 0 Å². The lowest BCUT2D eigenvalue weighted by atomic mass is 10.2. The van der Waals surface area contributed by atoms with E-state index in [1.54, 1.807) is 24.3 Å². The van der Waals surface area contributed by atoms with Gasteiger partial charge in [0.25, 0.3) is 5.91 Å². The smallest absolute Gasteiger partial charge is 0.271 e. The highest BCUT2D eigenvalue weighted by Crippen LogP contribution is 2.25. The maximum absolute atomic E-state index is 12.1. The zero-order valence-corrected chi connectivity index (χ0v) is 14.9. The normalized spacial score (nSPS) is 10.3. The Bertz CT molecular complexity index is 835. The second-order valence-corrected chi connectivity index (χ2v) is 6.78. The quantitative estimate of drug-likeness (QED) is 0.598. The number of halogens is 2. The average molecular weight is 409 g/mol. The highest BCUT2D eigenvalue weighted by atomic mass is 79.9. The molecular formula is C16H11BrClN3OS. The number of aromatic nitrogens is 1. The number of anilines is 1. The van der Waals surface area contributed by atoms with Crippen molar-refractivity contribution in [1.82, 2.24) is 10.4 Å². The molecule has 1 aromatic heterocycles. The molecule has 2 N–H and O–H groups in total. The lowest BCUT2D eigenvalue weighted by Crippen LogP contribution is -2.29. The fourth-order valence-electron chi connectivity index (χ4n) is 1.91. The zero-order chi connectivity index (χ0) is 16.2. The number of rotatable bonds is 4. The summed E-state index contributed by atoms with van der Waals surface area (Å²) in [5.74, 6) is -0.309. The Kier molecular flexibility index (Phi) is 4.95. The van der Waals surface area contributed by atoms with E-state index in [0.717, 1.165) is 15.7 Å². The van der Waals surface area contributed by atoms with Crippen molar-refractivity contribution in [3.63, 3.8) is 0 Å². The molecule has 0 unspecified atom stereocenters. The van der Waals surface area contributed by atoms with Gasteiger partial charge in [0.1, 0.15) is 0 Å². The Morgan fingerprint density at radius 3 is 2.61 bits per heavy atom. The van der Waals surface area contributed by atoms with Gasteiger partial charge in [-0.1, -0.05) is 51.8 Å². The predicted molar refractivity (Wildman–Crippen MR) is 97.8 cm³/mol. The summed E-state index contributed by atoms with van der Waals surface area (Å²) < 4.78 is 1.02. The van der Waals surface area contributed by atoms with Crippen LogP contribution in [0, 0.1) is 0 Å². The minimum atomic E-state index is -0.309. The van der Waals surface area contributed by atoms with Gasteiger partial charge in [-0.25, -0.2) is 4.98 Å². The number of hydrogen-bond acceptors (Lipinski definition) is 4. The van der Waals surface area contributed by atoms with Crippen LogP contribution in [0.4, 0.5) is 5.13 Å². The first-order valence-electron chi connectivity index (χ1n) is 6.66. The summed E-state index contributed by atoms with van der Waals surface area (Å²) in [5.41, 5.74) is 7.67. The molecule has 23 heavy (non-hydrogen) atoms. The molecule has 116 valence electrons. The van der Waals surface area contributed by atoms with Crippen LogP contribution in [-0.4, -0.2) is 10.9 Å². The molecule has 4 nitrogen and oxygen atoms in total. The molecule has 0 saturated heterocycles. The third-order valence-electron chi connectivity index (χ3n) is 3.05. The van der Waals surface area contributed by atoms with E-state index in [2.05, 4.69) is 31.8 Å². The Labute approximate surface area is 150 Å². The van der Waals surface area contributed by atoms with Crippen molar-refractivity contribution in [3.8, 4) is 11.3 Å². The van der Waals surface area contributed by atoms with Gasteiger partial charge in [0.2, 0.25) is 5.13 Å². The summed E-state index contributed by atoms with van der Waals surface area (Å²) in [6, 6.07) is 14.7. The third-order valence-corrected chi connectivity index (χ3v) is 4.66. The van der Waals surface area contributed by atoms with Gasteiger partial charge in [-0.2, -0.15) is 0 Å². The van der Waals surface area contributed by atoms with E-state index in [1.165, 1.54) is 11.3 Å². The van der Waals surface area contributed by atoms with Crippen LogP contribution in [0.3, 0.4) is 0 Å². The maximum atomic E-state index is 12.1. The van der Waals surface area contributed by atoms with E-state index in [1.807, 2.05) is 29.6 Å². The largest absolute Gasteiger partial charge is 0.273 e. The van der Waals surface area contributed by atoms with Crippen molar-refractivity contribution in [2.75, 3.05) is 5.43 Å². The van der Waals surface area contributed by atoms with Gasteiger partial charge in [-0.15, -0.1) is 11.3 Å². The van der Waals surface area contributed by atoms with Crippen LogP contribution in [0.5, 0.6) is 0 Å². The highest BCUT2D eigenvalue weighted by molar-refractivity contribution is 9.10. The number of nitrogens with one attached hydrogen (secondary N) is 2. The summed E-state index contributed by atoms with van der Waals surface area (Å²) in [4.78, 5) is 16.5. The number of nitrogens with zero attached hydrogens (tertiary/aromatic N) is 1. The van der Waals surface area contributed by atoms with Crippen molar-refractivity contribution < 1.29 is 4.79 Å². The molecule has 2 aromatic carbocycles. The number of carbonyl (C=O) groups is 1. The van der Waals surface area contributed by atoms with Crippen molar-refractivity contribution in [2.24, 2.45) is 0 Å². The molecular weight excluding hydrogens is 398 g/mol. The number of carbonyl (C=O) groups excluding carboxylic acids is 1. The van der Waals surface area contributed by atoms with Crippen molar-refractivity contribution >= 4 is 49.9 Å². The van der Waals surface area contributed by atoms with Crippen LogP contribution in [0.1, 0.15) is 10.4 Å². The molecule has 0 atom stereocenters. The summed E-state index contributed by atoms with van der Waals surface area (Å²) >= 11 is 10.8. The first kappa shape index (κ1) is 16.0. The van der Waals surface area contributed by atoms with Gasteiger partial charge in [0.05, 0.1) is 16.3 Å². The van der Waals surface area contributed by atoms with Crippen molar-refractivity contribution in [2.45, 2.75) is 0 Å². The molecule has 3 rings (SSSR count). The summed E-state index contributed by atoms with van der Waals surface area (Å²) in [5, 5.41) is 2.93. The van der Waals surface area contributed by atoms with E-state index in [9.17, 15) is 4.79 Å². The Morgan fingerprint density at radius 1 is 1.13 bits per heavy atom. The molecule has 0 aliphatic carbocycles. The summed E-state index contributed by atoms with van der Waals surface area (Å²) in [7, 11) is 0. The molecule has 1 heterocycles. The Hall–Kier alpha value is -1.89. The molecule has 0 radical (unpaired) electrons. The Morgan fingerprint density at radius 2 is 1.87 bits per heavy atom. The topological polar surface area (TPSA) is 54.0 Å². The second-order valence-electron chi connectivity index (χ2n) is 4.60. The zero-order valence-electron chi connectivity index (χ0n) is 11.7. The van der Waals surface area contributed by atoms with Crippen molar-refractivity contribution in [1.29, 1.82) is 0 Å². The molecule has 1 amide bonds. The molecule has 0 aliphatic heterocycles. The molecule has 3 aromatic rings. The number of benzene rings is 2. The van der Waals surface area contributed by atoms with Gasteiger partial charge in [0, 0.05) is 15.4 Å². The lowest BCUT2D eigenvalue weighted by molar-refractivity contribution is 0.0963. The fourth-order valence-corrected chi connectivity index (χ4v) is 3.07. The van der Waals surface area contributed by atoms with Gasteiger partial charge in [0.15, 0.2) is 0 Å². The minimum Gasteiger partial charge on any atom is -0.273 e. The van der Waals surface area contributed by atoms with Gasteiger partial charge in [-0.3, -0.25) is 15.6 Å². The van der Waals surface area contributed by atoms with Crippen LogP contribution < -0.4 is 10.9 Å². The van der Waals surface area contributed by atoms with Gasteiger partial charge in [-0.05, 0) is 24.3 Å². The monoisotopic (exact) mass is 407 g/mol. The molecule has 7 heteroatoms. The minimum absolute atomic E-state index is 0.309. The van der Waals surface area contributed by atoms with Gasteiger partial charge >= 0.3 is 0 Å². The average Bonchev–Trinajstić information content (AvgIpc) is 3.03. The molecule has 0 saturated carbocycles. The van der Waals surface area contributed by atoms with E-state index in [0.29, 0.717) is 15.7 Å². The molecule has 0 bridgehead atoms. The van der Waals surface area contributed by atoms with E-state index in [4.69, 9.17) is 11.6 Å². The lowest BCUT2D eigenvalue weighted by Gasteiger charge is -2.06. The standard InChI is InChI=1S/C16H11BrClN3OS/c17-11-7-5-10(6-8-11)14-9-23-16(19-14)21-20-15(22)12-3-1-2-4-13(12)18/h1-9H,(H,19,21)(H,20,22). The number of amides is 1. The molecule has 0 spiro atoms.